The molecule has 1 aliphatic rings. The average Bonchev–Trinajstić information content (AvgIpc) is 3.23. The second-order valence-corrected chi connectivity index (χ2v) is 7.29. The third-order valence-corrected chi connectivity index (χ3v) is 5.25. The summed E-state index contributed by atoms with van der Waals surface area (Å²) in [5.74, 6) is 1.13. The lowest BCUT2D eigenvalue weighted by Gasteiger charge is -2.32. The molecule has 0 radical (unpaired) electrons. The van der Waals surface area contributed by atoms with Gasteiger partial charge in [0.15, 0.2) is 5.76 Å². The van der Waals surface area contributed by atoms with Gasteiger partial charge in [0.25, 0.3) is 5.91 Å². The molecule has 0 aliphatic carbocycles. The Labute approximate surface area is 173 Å². The fourth-order valence-electron chi connectivity index (χ4n) is 3.79. The average molecular weight is 400 g/mol. The summed E-state index contributed by atoms with van der Waals surface area (Å²) in [6.07, 6.45) is 6.45. The molecule has 2 aromatic carbocycles. The van der Waals surface area contributed by atoms with E-state index in [9.17, 15) is 4.79 Å². The van der Waals surface area contributed by atoms with Gasteiger partial charge < -0.3 is 14.2 Å². The molecule has 0 bridgehead atoms. The van der Waals surface area contributed by atoms with Crippen LogP contribution in [0.2, 0.25) is 0 Å². The molecule has 7 nitrogen and oxygen atoms in total. The molecule has 1 aliphatic heterocycles. The van der Waals surface area contributed by atoms with Gasteiger partial charge in [0.05, 0.1) is 18.1 Å². The topological polar surface area (TPSA) is 81.4 Å². The zero-order valence-corrected chi connectivity index (χ0v) is 16.3. The van der Waals surface area contributed by atoms with Gasteiger partial charge in [-0.15, -0.1) is 0 Å². The van der Waals surface area contributed by atoms with Crippen molar-refractivity contribution < 1.29 is 14.1 Å². The van der Waals surface area contributed by atoms with Gasteiger partial charge in [-0.3, -0.25) is 9.78 Å². The highest BCUT2D eigenvalue weighted by Crippen LogP contribution is 2.30. The van der Waals surface area contributed by atoms with Gasteiger partial charge in [-0.1, -0.05) is 35.5 Å². The first kappa shape index (κ1) is 18.3. The van der Waals surface area contributed by atoms with Crippen LogP contribution in [0.1, 0.15) is 23.2 Å². The number of carbonyl (C=O) groups is 1. The molecular formula is C23H20N4O3. The standard InChI is InChI=1S/C23H20N4O3/c28-23(27-12-4-7-18(15-27)29-21-14-24-10-11-25-21)17-8-9-20-19(13-17)22(30-26-20)16-5-2-1-3-6-16/h1-3,5-6,8-11,13-14,18H,4,7,12,15H2. The van der Waals surface area contributed by atoms with Gasteiger partial charge in [0.2, 0.25) is 5.88 Å². The number of aromatic nitrogens is 3. The van der Waals surface area contributed by atoms with Crippen molar-refractivity contribution in [1.29, 1.82) is 0 Å². The predicted molar refractivity (Wildman–Crippen MR) is 111 cm³/mol. The lowest BCUT2D eigenvalue weighted by molar-refractivity contribution is 0.0527. The van der Waals surface area contributed by atoms with E-state index in [1.165, 1.54) is 0 Å². The predicted octanol–water partition coefficient (Wildman–Crippen LogP) is 3.97. The van der Waals surface area contributed by atoms with E-state index in [2.05, 4.69) is 15.1 Å². The summed E-state index contributed by atoms with van der Waals surface area (Å²) >= 11 is 0. The van der Waals surface area contributed by atoms with E-state index in [1.54, 1.807) is 24.7 Å². The number of rotatable bonds is 4. The van der Waals surface area contributed by atoms with E-state index in [1.807, 2.05) is 47.4 Å². The summed E-state index contributed by atoms with van der Waals surface area (Å²) in [5, 5.41) is 4.96. The number of fused-ring (bicyclic) bond motifs is 1. The van der Waals surface area contributed by atoms with Crippen LogP contribution < -0.4 is 4.74 Å². The molecule has 3 heterocycles. The molecule has 1 fully saturated rings. The maximum atomic E-state index is 13.2. The van der Waals surface area contributed by atoms with Crippen LogP contribution >= 0.6 is 0 Å². The number of likely N-dealkylation sites (tertiary alicyclic amines) is 1. The molecule has 1 unspecified atom stereocenters. The van der Waals surface area contributed by atoms with Crippen molar-refractivity contribution in [2.45, 2.75) is 18.9 Å². The number of hydrogen-bond donors (Lipinski definition) is 0. The van der Waals surface area contributed by atoms with Gasteiger partial charge in [0, 0.05) is 30.1 Å². The van der Waals surface area contributed by atoms with Crippen molar-refractivity contribution in [3.05, 3.63) is 72.7 Å². The molecule has 5 rings (SSSR count). The van der Waals surface area contributed by atoms with Crippen LogP contribution in [-0.2, 0) is 0 Å². The number of amides is 1. The van der Waals surface area contributed by atoms with E-state index in [4.69, 9.17) is 9.26 Å². The van der Waals surface area contributed by atoms with Crippen molar-refractivity contribution in [3.8, 4) is 17.2 Å². The van der Waals surface area contributed by atoms with Crippen LogP contribution in [0.4, 0.5) is 0 Å². The van der Waals surface area contributed by atoms with Crippen LogP contribution in [0.3, 0.4) is 0 Å². The summed E-state index contributed by atoms with van der Waals surface area (Å²) < 4.78 is 11.5. The lowest BCUT2D eigenvalue weighted by atomic mass is 10.0. The van der Waals surface area contributed by atoms with Crippen LogP contribution in [0.5, 0.6) is 5.88 Å². The third kappa shape index (κ3) is 3.61. The number of nitrogens with zero attached hydrogens (tertiary/aromatic N) is 4. The van der Waals surface area contributed by atoms with E-state index < -0.39 is 0 Å². The Morgan fingerprint density at radius 3 is 2.87 bits per heavy atom. The number of carbonyl (C=O) groups excluding carboxylic acids is 1. The molecule has 0 saturated carbocycles. The molecule has 7 heteroatoms. The smallest absolute Gasteiger partial charge is 0.254 e. The molecule has 0 N–H and O–H groups in total. The largest absolute Gasteiger partial charge is 0.471 e. The third-order valence-electron chi connectivity index (χ3n) is 5.25. The van der Waals surface area contributed by atoms with Crippen molar-refractivity contribution >= 4 is 16.8 Å². The molecule has 4 aromatic rings. The Morgan fingerprint density at radius 1 is 1.13 bits per heavy atom. The summed E-state index contributed by atoms with van der Waals surface area (Å²) in [6.45, 7) is 1.22. The number of piperidine rings is 1. The fraction of sp³-hybridized carbons (Fsp3) is 0.217. The maximum Gasteiger partial charge on any atom is 0.254 e. The monoisotopic (exact) mass is 400 g/mol. The van der Waals surface area contributed by atoms with Gasteiger partial charge >= 0.3 is 0 Å². The number of hydrogen-bond acceptors (Lipinski definition) is 6. The molecular weight excluding hydrogens is 380 g/mol. The van der Waals surface area contributed by atoms with Crippen LogP contribution in [0, 0.1) is 0 Å². The van der Waals surface area contributed by atoms with Crippen molar-refractivity contribution in [1.82, 2.24) is 20.0 Å². The quantitative estimate of drug-likeness (QED) is 0.516. The van der Waals surface area contributed by atoms with E-state index >= 15 is 0 Å². The second kappa shape index (κ2) is 7.94. The second-order valence-electron chi connectivity index (χ2n) is 7.29. The first-order valence-electron chi connectivity index (χ1n) is 9.95. The Balaban J connectivity index is 1.37. The first-order valence-corrected chi connectivity index (χ1v) is 9.95. The highest BCUT2D eigenvalue weighted by molar-refractivity contribution is 6.01. The Kier molecular flexibility index (Phi) is 4.85. The van der Waals surface area contributed by atoms with Crippen LogP contribution in [0.25, 0.3) is 22.2 Å². The summed E-state index contributed by atoms with van der Waals surface area (Å²) in [6, 6.07) is 15.3. The van der Waals surface area contributed by atoms with Crippen molar-refractivity contribution in [2.24, 2.45) is 0 Å². The first-order chi connectivity index (χ1) is 14.8. The van der Waals surface area contributed by atoms with Gasteiger partial charge in [-0.25, -0.2) is 4.98 Å². The minimum absolute atomic E-state index is 0.0236. The van der Waals surface area contributed by atoms with Crippen LogP contribution in [-0.4, -0.2) is 45.1 Å². The minimum Gasteiger partial charge on any atom is -0.471 e. The maximum absolute atomic E-state index is 13.2. The van der Waals surface area contributed by atoms with Crippen molar-refractivity contribution in [2.75, 3.05) is 13.1 Å². The number of benzene rings is 2. The SMILES string of the molecule is O=C(c1ccc2noc(-c3ccccc3)c2c1)N1CCCC(Oc2cnccn2)C1. The Hall–Kier alpha value is -3.74. The van der Waals surface area contributed by atoms with E-state index in [0.717, 1.165) is 29.3 Å². The summed E-state index contributed by atoms with van der Waals surface area (Å²) in [7, 11) is 0. The fourth-order valence-corrected chi connectivity index (χ4v) is 3.79. The molecule has 1 atom stereocenters. The zero-order valence-electron chi connectivity index (χ0n) is 16.3. The Bertz CT molecular complexity index is 1160. The summed E-state index contributed by atoms with van der Waals surface area (Å²) in [4.78, 5) is 23.2. The molecule has 0 spiro atoms. The van der Waals surface area contributed by atoms with E-state index in [-0.39, 0.29) is 12.0 Å². The minimum atomic E-state index is -0.0985. The van der Waals surface area contributed by atoms with Gasteiger partial charge in [-0.05, 0) is 31.0 Å². The molecule has 1 saturated heterocycles. The lowest BCUT2D eigenvalue weighted by Crippen LogP contribution is -2.44. The van der Waals surface area contributed by atoms with Gasteiger partial charge in [-0.2, -0.15) is 0 Å². The number of ether oxygens (including phenoxy) is 1. The molecule has 2 aromatic heterocycles. The van der Waals surface area contributed by atoms with E-state index in [0.29, 0.717) is 30.3 Å². The van der Waals surface area contributed by atoms with Gasteiger partial charge in [0.1, 0.15) is 11.6 Å². The molecule has 30 heavy (non-hydrogen) atoms. The normalized spacial score (nSPS) is 16.5. The highest BCUT2D eigenvalue weighted by atomic mass is 16.5. The zero-order chi connectivity index (χ0) is 20.3. The molecule has 1 amide bonds. The van der Waals surface area contributed by atoms with Crippen LogP contribution in [0.15, 0.2) is 71.6 Å². The summed E-state index contributed by atoms with van der Waals surface area (Å²) in [5.41, 5.74) is 2.27. The Morgan fingerprint density at radius 2 is 2.03 bits per heavy atom. The van der Waals surface area contributed by atoms with Crippen molar-refractivity contribution in [3.63, 3.8) is 0 Å². The highest BCUT2D eigenvalue weighted by Gasteiger charge is 2.26. The molecule has 150 valence electrons.